The molecular formula is C16H16Cl2. The van der Waals surface area contributed by atoms with Crippen LogP contribution in [0.3, 0.4) is 0 Å². The molecule has 0 saturated heterocycles. The highest BCUT2D eigenvalue weighted by molar-refractivity contribution is 6.30. The summed E-state index contributed by atoms with van der Waals surface area (Å²) in [5.41, 5.74) is 4.75. The molecule has 0 aliphatic rings. The number of halogens is 2. The predicted molar refractivity (Wildman–Crippen MR) is 79.7 cm³/mol. The zero-order chi connectivity index (χ0) is 13.1. The second-order valence-electron chi connectivity index (χ2n) is 4.72. The van der Waals surface area contributed by atoms with Crippen LogP contribution in [0.15, 0.2) is 42.5 Å². The fourth-order valence-electron chi connectivity index (χ4n) is 2.11. The first-order valence-electron chi connectivity index (χ1n) is 6.01. The molecule has 2 aromatic carbocycles. The van der Waals surface area contributed by atoms with E-state index in [4.69, 9.17) is 23.2 Å². The summed E-state index contributed by atoms with van der Waals surface area (Å²) < 4.78 is 0. The first-order chi connectivity index (χ1) is 8.54. The quantitative estimate of drug-likeness (QED) is 0.653. The minimum absolute atomic E-state index is 0.0378. The molecule has 0 aliphatic carbocycles. The average Bonchev–Trinajstić information content (AvgIpc) is 2.27. The summed E-state index contributed by atoms with van der Waals surface area (Å²) in [5.74, 6) is 0. The van der Waals surface area contributed by atoms with Gasteiger partial charge in [0.2, 0.25) is 0 Å². The maximum atomic E-state index is 6.48. The second-order valence-corrected chi connectivity index (χ2v) is 5.69. The Labute approximate surface area is 119 Å². The Balaban J connectivity index is 2.19. The monoisotopic (exact) mass is 278 g/mol. The van der Waals surface area contributed by atoms with Gasteiger partial charge in [-0.3, -0.25) is 0 Å². The maximum Gasteiger partial charge on any atom is 0.0626 e. The molecule has 2 aromatic rings. The predicted octanol–water partition coefficient (Wildman–Crippen LogP) is 5.48. The molecule has 0 radical (unpaired) electrons. The molecule has 2 heteroatoms. The van der Waals surface area contributed by atoms with E-state index in [-0.39, 0.29) is 5.38 Å². The van der Waals surface area contributed by atoms with Gasteiger partial charge in [0.1, 0.15) is 0 Å². The third-order valence-corrected chi connectivity index (χ3v) is 3.55. The highest BCUT2D eigenvalue weighted by Gasteiger charge is 2.10. The smallest absolute Gasteiger partial charge is 0.0626 e. The molecule has 0 heterocycles. The van der Waals surface area contributed by atoms with Crippen LogP contribution in [0.25, 0.3) is 0 Å². The Morgan fingerprint density at radius 1 is 1.00 bits per heavy atom. The van der Waals surface area contributed by atoms with Gasteiger partial charge >= 0.3 is 0 Å². The number of hydrogen-bond acceptors (Lipinski definition) is 0. The summed E-state index contributed by atoms with van der Waals surface area (Å²) in [6, 6.07) is 14.4. The van der Waals surface area contributed by atoms with Crippen molar-refractivity contribution in [2.24, 2.45) is 0 Å². The lowest BCUT2D eigenvalue weighted by molar-refractivity contribution is 0.916. The minimum atomic E-state index is -0.0378. The van der Waals surface area contributed by atoms with Gasteiger partial charge in [0.25, 0.3) is 0 Å². The third kappa shape index (κ3) is 3.51. The van der Waals surface area contributed by atoms with E-state index in [1.54, 1.807) is 0 Å². The Hall–Kier alpha value is -0.980. The van der Waals surface area contributed by atoms with Gasteiger partial charge in [-0.2, -0.15) is 0 Å². The molecule has 1 unspecified atom stereocenters. The standard InChI is InChI=1S/C16H16Cl2/c1-11-4-3-5-13(6-11)9-16(18)14-7-12(2)8-15(17)10-14/h3-8,10,16H,9H2,1-2H3. The summed E-state index contributed by atoms with van der Waals surface area (Å²) in [6.45, 7) is 4.13. The summed E-state index contributed by atoms with van der Waals surface area (Å²) in [6.07, 6.45) is 0.822. The highest BCUT2D eigenvalue weighted by Crippen LogP contribution is 2.28. The van der Waals surface area contributed by atoms with E-state index in [0.717, 1.165) is 22.6 Å². The van der Waals surface area contributed by atoms with Crippen LogP contribution in [0.2, 0.25) is 5.02 Å². The lowest BCUT2D eigenvalue weighted by Crippen LogP contribution is -1.97. The Morgan fingerprint density at radius 3 is 2.44 bits per heavy atom. The van der Waals surface area contributed by atoms with E-state index in [0.29, 0.717) is 0 Å². The minimum Gasteiger partial charge on any atom is -0.117 e. The molecule has 0 saturated carbocycles. The van der Waals surface area contributed by atoms with Crippen molar-refractivity contribution in [3.05, 3.63) is 69.7 Å². The van der Waals surface area contributed by atoms with Crippen molar-refractivity contribution in [3.63, 3.8) is 0 Å². The zero-order valence-electron chi connectivity index (χ0n) is 10.6. The summed E-state index contributed by atoms with van der Waals surface area (Å²) >= 11 is 12.5. The fraction of sp³-hybridized carbons (Fsp3) is 0.250. The van der Waals surface area contributed by atoms with Gasteiger partial charge in [0.05, 0.1) is 5.38 Å². The topological polar surface area (TPSA) is 0 Å². The molecule has 0 spiro atoms. The molecule has 18 heavy (non-hydrogen) atoms. The van der Waals surface area contributed by atoms with Crippen LogP contribution in [0, 0.1) is 13.8 Å². The summed E-state index contributed by atoms with van der Waals surface area (Å²) in [5, 5.41) is 0.712. The SMILES string of the molecule is Cc1cccc(CC(Cl)c2cc(C)cc(Cl)c2)c1. The molecule has 94 valence electrons. The molecule has 1 atom stereocenters. The Bertz CT molecular complexity index is 526. The number of hydrogen-bond donors (Lipinski definition) is 0. The van der Waals surface area contributed by atoms with Gasteiger partial charge in [0.15, 0.2) is 0 Å². The van der Waals surface area contributed by atoms with E-state index >= 15 is 0 Å². The molecule has 0 N–H and O–H groups in total. The molecule has 0 amide bonds. The number of alkyl halides is 1. The van der Waals surface area contributed by atoms with Gasteiger partial charge < -0.3 is 0 Å². The summed E-state index contributed by atoms with van der Waals surface area (Å²) in [7, 11) is 0. The van der Waals surface area contributed by atoms with E-state index in [9.17, 15) is 0 Å². The van der Waals surface area contributed by atoms with E-state index in [2.05, 4.69) is 37.3 Å². The van der Waals surface area contributed by atoms with Crippen LogP contribution in [0.4, 0.5) is 0 Å². The molecule has 0 fully saturated rings. The summed E-state index contributed by atoms with van der Waals surface area (Å²) in [4.78, 5) is 0. The molecule has 2 rings (SSSR count). The van der Waals surface area contributed by atoms with Gasteiger partial charge in [-0.25, -0.2) is 0 Å². The van der Waals surface area contributed by atoms with E-state index in [1.165, 1.54) is 11.1 Å². The Morgan fingerprint density at radius 2 is 1.78 bits per heavy atom. The van der Waals surface area contributed by atoms with Gasteiger partial charge in [0, 0.05) is 5.02 Å². The van der Waals surface area contributed by atoms with Crippen molar-refractivity contribution in [3.8, 4) is 0 Å². The molecule has 0 bridgehead atoms. The molecule has 0 nitrogen and oxygen atoms in total. The lowest BCUT2D eigenvalue weighted by atomic mass is 10.0. The zero-order valence-corrected chi connectivity index (χ0v) is 12.1. The maximum absolute atomic E-state index is 6.48. The van der Waals surface area contributed by atoms with Crippen molar-refractivity contribution in [2.75, 3.05) is 0 Å². The van der Waals surface area contributed by atoms with Gasteiger partial charge in [-0.1, -0.05) is 47.5 Å². The second kappa shape index (κ2) is 5.77. The average molecular weight is 279 g/mol. The van der Waals surface area contributed by atoms with E-state index < -0.39 is 0 Å². The molecule has 0 aromatic heterocycles. The number of aryl methyl sites for hydroxylation is 2. The van der Waals surface area contributed by atoms with Crippen molar-refractivity contribution in [1.29, 1.82) is 0 Å². The number of benzene rings is 2. The van der Waals surface area contributed by atoms with Crippen LogP contribution in [0.5, 0.6) is 0 Å². The van der Waals surface area contributed by atoms with Crippen LogP contribution < -0.4 is 0 Å². The molecular weight excluding hydrogens is 263 g/mol. The Kier molecular flexibility index (Phi) is 4.31. The first-order valence-corrected chi connectivity index (χ1v) is 6.83. The van der Waals surface area contributed by atoms with Crippen LogP contribution >= 0.6 is 23.2 Å². The molecule has 0 aliphatic heterocycles. The fourth-order valence-corrected chi connectivity index (χ4v) is 2.71. The largest absolute Gasteiger partial charge is 0.117 e. The first kappa shape index (κ1) is 13.5. The number of rotatable bonds is 3. The lowest BCUT2D eigenvalue weighted by Gasteiger charge is -2.12. The van der Waals surface area contributed by atoms with Crippen LogP contribution in [0.1, 0.15) is 27.6 Å². The van der Waals surface area contributed by atoms with Gasteiger partial charge in [-0.05, 0) is 49.1 Å². The van der Waals surface area contributed by atoms with E-state index in [1.807, 2.05) is 19.1 Å². The van der Waals surface area contributed by atoms with Crippen LogP contribution in [-0.2, 0) is 6.42 Å². The van der Waals surface area contributed by atoms with Crippen molar-refractivity contribution < 1.29 is 0 Å². The van der Waals surface area contributed by atoms with Crippen molar-refractivity contribution in [2.45, 2.75) is 25.6 Å². The third-order valence-electron chi connectivity index (χ3n) is 2.92. The normalized spacial score (nSPS) is 12.4. The highest BCUT2D eigenvalue weighted by atomic mass is 35.5. The van der Waals surface area contributed by atoms with Crippen molar-refractivity contribution in [1.82, 2.24) is 0 Å². The van der Waals surface area contributed by atoms with Gasteiger partial charge in [-0.15, -0.1) is 11.6 Å². The van der Waals surface area contributed by atoms with Crippen molar-refractivity contribution >= 4 is 23.2 Å². The van der Waals surface area contributed by atoms with Crippen LogP contribution in [-0.4, -0.2) is 0 Å².